The second kappa shape index (κ2) is 14.3. The SMILES string of the molecule is COc1ccc(CN(C)CC(O)COCc2ccccc2Cl)c(OC)c1.O=C(O)C(=O)O. The Hall–Kier alpha value is -2.85. The first-order chi connectivity index (χ1) is 15.2. The molecule has 0 fully saturated rings. The topological polar surface area (TPSA) is 126 Å². The van der Waals surface area contributed by atoms with Crippen LogP contribution in [0.25, 0.3) is 0 Å². The van der Waals surface area contributed by atoms with Gasteiger partial charge in [-0.05, 0) is 24.7 Å². The molecule has 176 valence electrons. The Morgan fingerprint density at radius 2 is 1.69 bits per heavy atom. The smallest absolute Gasteiger partial charge is 0.414 e. The van der Waals surface area contributed by atoms with Gasteiger partial charge < -0.3 is 29.5 Å². The summed E-state index contributed by atoms with van der Waals surface area (Å²) >= 11 is 6.09. The number of aliphatic carboxylic acids is 2. The summed E-state index contributed by atoms with van der Waals surface area (Å²) < 4.78 is 16.2. The Kier molecular flexibility index (Phi) is 12.1. The lowest BCUT2D eigenvalue weighted by Crippen LogP contribution is -2.32. The van der Waals surface area contributed by atoms with Crippen LogP contribution < -0.4 is 9.47 Å². The van der Waals surface area contributed by atoms with E-state index in [4.69, 9.17) is 45.6 Å². The molecule has 0 radical (unpaired) electrons. The number of ether oxygens (including phenoxy) is 3. The third-order valence-corrected chi connectivity index (χ3v) is 4.53. The Morgan fingerprint density at radius 3 is 2.25 bits per heavy atom. The Labute approximate surface area is 191 Å². The minimum atomic E-state index is -1.82. The van der Waals surface area contributed by atoms with Gasteiger partial charge in [0.05, 0.1) is 33.5 Å². The van der Waals surface area contributed by atoms with E-state index in [9.17, 15) is 5.11 Å². The largest absolute Gasteiger partial charge is 0.497 e. The monoisotopic (exact) mass is 469 g/mol. The predicted molar refractivity (Wildman–Crippen MR) is 118 cm³/mol. The molecule has 1 atom stereocenters. The highest BCUT2D eigenvalue weighted by molar-refractivity contribution is 6.31. The first-order valence-corrected chi connectivity index (χ1v) is 9.90. The molecule has 0 aliphatic carbocycles. The van der Waals surface area contributed by atoms with Crippen LogP contribution in [0.4, 0.5) is 0 Å². The molecule has 32 heavy (non-hydrogen) atoms. The number of carboxylic acid groups (broad SMARTS) is 2. The molecule has 2 rings (SSSR count). The van der Waals surface area contributed by atoms with Crippen LogP contribution in [0.1, 0.15) is 11.1 Å². The van der Waals surface area contributed by atoms with Gasteiger partial charge in [-0.1, -0.05) is 35.9 Å². The molecule has 0 spiro atoms. The summed E-state index contributed by atoms with van der Waals surface area (Å²) in [6.07, 6.45) is -0.591. The highest BCUT2D eigenvalue weighted by Crippen LogP contribution is 2.25. The van der Waals surface area contributed by atoms with Crippen LogP contribution in [0.2, 0.25) is 5.02 Å². The molecule has 3 N–H and O–H groups in total. The van der Waals surface area contributed by atoms with Crippen LogP contribution >= 0.6 is 11.6 Å². The van der Waals surface area contributed by atoms with Gasteiger partial charge in [-0.15, -0.1) is 0 Å². The lowest BCUT2D eigenvalue weighted by molar-refractivity contribution is -0.159. The number of carboxylic acids is 2. The van der Waals surface area contributed by atoms with Crippen molar-refractivity contribution in [3.8, 4) is 11.5 Å². The second-order valence-electron chi connectivity index (χ2n) is 6.75. The van der Waals surface area contributed by atoms with Crippen LogP contribution in [-0.4, -0.2) is 72.7 Å². The molecule has 0 aromatic heterocycles. The normalized spacial score (nSPS) is 11.3. The van der Waals surface area contributed by atoms with E-state index in [-0.39, 0.29) is 6.61 Å². The first kappa shape index (κ1) is 27.2. The zero-order valence-corrected chi connectivity index (χ0v) is 18.9. The number of hydrogen-bond donors (Lipinski definition) is 3. The number of likely N-dealkylation sites (N-methyl/N-ethyl adjacent to an activating group) is 1. The molecule has 1 unspecified atom stereocenters. The van der Waals surface area contributed by atoms with Crippen molar-refractivity contribution in [3.63, 3.8) is 0 Å². The van der Waals surface area contributed by atoms with Gasteiger partial charge in [0.1, 0.15) is 11.5 Å². The fourth-order valence-electron chi connectivity index (χ4n) is 2.67. The Morgan fingerprint density at radius 1 is 1.03 bits per heavy atom. The van der Waals surface area contributed by atoms with Gasteiger partial charge in [0, 0.05) is 29.7 Å². The maximum atomic E-state index is 10.2. The van der Waals surface area contributed by atoms with Crippen molar-refractivity contribution in [1.29, 1.82) is 0 Å². The number of benzene rings is 2. The van der Waals surface area contributed by atoms with Gasteiger partial charge in [0.15, 0.2) is 0 Å². The lowest BCUT2D eigenvalue weighted by Gasteiger charge is -2.22. The summed E-state index contributed by atoms with van der Waals surface area (Å²) in [6, 6.07) is 13.2. The van der Waals surface area contributed by atoms with Crippen LogP contribution in [0.5, 0.6) is 11.5 Å². The molecular formula is C22H28ClNO8. The minimum Gasteiger partial charge on any atom is -0.497 e. The molecule has 0 aliphatic heterocycles. The molecule has 0 bridgehead atoms. The molecule has 0 aliphatic rings. The number of halogens is 1. The molecule has 10 heteroatoms. The summed E-state index contributed by atoms with van der Waals surface area (Å²) in [5.74, 6) is -2.13. The Balaban J connectivity index is 0.000000751. The average molecular weight is 470 g/mol. The molecule has 0 heterocycles. The predicted octanol–water partition coefficient (Wildman–Crippen LogP) is 2.52. The van der Waals surface area contributed by atoms with Gasteiger partial charge in [0.25, 0.3) is 0 Å². The third kappa shape index (κ3) is 9.97. The molecule has 0 saturated carbocycles. The summed E-state index contributed by atoms with van der Waals surface area (Å²) in [5.41, 5.74) is 1.94. The highest BCUT2D eigenvalue weighted by Gasteiger charge is 2.12. The van der Waals surface area contributed by atoms with E-state index in [1.807, 2.05) is 54.4 Å². The fourth-order valence-corrected chi connectivity index (χ4v) is 2.86. The number of aliphatic hydroxyl groups is 1. The number of rotatable bonds is 10. The van der Waals surface area contributed by atoms with E-state index >= 15 is 0 Å². The standard InChI is InChI=1S/C20H26ClNO4.C2H2O4/c1-22(11-15-8-9-18(24-2)10-20(15)25-3)12-17(23)14-26-13-16-6-4-5-7-19(16)21;3-1(4)2(5)6/h4-10,17,23H,11-14H2,1-3H3;(H,3,4)(H,5,6). The lowest BCUT2D eigenvalue weighted by atomic mass is 10.1. The number of carbonyl (C=O) groups is 2. The number of methoxy groups -OCH3 is 2. The quantitative estimate of drug-likeness (QED) is 0.450. The maximum absolute atomic E-state index is 10.2. The zero-order chi connectivity index (χ0) is 24.1. The Bertz CT molecular complexity index is 865. The number of hydrogen-bond acceptors (Lipinski definition) is 7. The average Bonchev–Trinajstić information content (AvgIpc) is 2.75. The molecule has 2 aromatic carbocycles. The number of aliphatic hydroxyl groups excluding tert-OH is 1. The van der Waals surface area contributed by atoms with Crippen LogP contribution in [-0.2, 0) is 27.5 Å². The van der Waals surface area contributed by atoms with Crippen LogP contribution in [0, 0.1) is 0 Å². The summed E-state index contributed by atoms with van der Waals surface area (Å²) in [6.45, 7) is 1.76. The third-order valence-electron chi connectivity index (χ3n) is 4.17. The van der Waals surface area contributed by atoms with E-state index in [2.05, 4.69) is 0 Å². The van der Waals surface area contributed by atoms with Crippen molar-refractivity contribution in [2.45, 2.75) is 19.3 Å². The van der Waals surface area contributed by atoms with Crippen molar-refractivity contribution in [3.05, 3.63) is 58.6 Å². The molecule has 2 aromatic rings. The second-order valence-corrected chi connectivity index (χ2v) is 7.15. The minimum absolute atomic E-state index is 0.245. The first-order valence-electron chi connectivity index (χ1n) is 9.52. The van der Waals surface area contributed by atoms with Gasteiger partial charge in [0.2, 0.25) is 0 Å². The van der Waals surface area contributed by atoms with Crippen LogP contribution in [0.15, 0.2) is 42.5 Å². The van der Waals surface area contributed by atoms with Gasteiger partial charge >= 0.3 is 11.9 Å². The molecule has 0 saturated heterocycles. The van der Waals surface area contributed by atoms with E-state index in [0.29, 0.717) is 24.7 Å². The maximum Gasteiger partial charge on any atom is 0.414 e. The summed E-state index contributed by atoms with van der Waals surface area (Å²) in [7, 11) is 5.20. The van der Waals surface area contributed by atoms with E-state index in [1.54, 1.807) is 14.2 Å². The van der Waals surface area contributed by atoms with Gasteiger partial charge in [-0.2, -0.15) is 0 Å². The molecular weight excluding hydrogens is 442 g/mol. The van der Waals surface area contributed by atoms with Crippen molar-refractivity contribution in [1.82, 2.24) is 4.90 Å². The van der Waals surface area contributed by atoms with E-state index < -0.39 is 18.0 Å². The number of nitrogens with zero attached hydrogens (tertiary/aromatic N) is 1. The van der Waals surface area contributed by atoms with Crippen molar-refractivity contribution >= 4 is 23.5 Å². The molecule has 9 nitrogen and oxygen atoms in total. The van der Waals surface area contributed by atoms with Gasteiger partial charge in [-0.3, -0.25) is 4.90 Å². The van der Waals surface area contributed by atoms with Crippen molar-refractivity contribution < 1.29 is 39.1 Å². The highest BCUT2D eigenvalue weighted by atomic mass is 35.5. The van der Waals surface area contributed by atoms with Gasteiger partial charge in [-0.25, -0.2) is 9.59 Å². The fraction of sp³-hybridized carbons (Fsp3) is 0.364. The zero-order valence-electron chi connectivity index (χ0n) is 18.2. The summed E-state index contributed by atoms with van der Waals surface area (Å²) in [4.78, 5) is 20.2. The summed E-state index contributed by atoms with van der Waals surface area (Å²) in [5, 5.41) is 25.7. The van der Waals surface area contributed by atoms with E-state index in [1.165, 1.54) is 0 Å². The van der Waals surface area contributed by atoms with E-state index in [0.717, 1.165) is 22.6 Å². The van der Waals surface area contributed by atoms with Crippen LogP contribution in [0.3, 0.4) is 0 Å². The van der Waals surface area contributed by atoms with Crippen molar-refractivity contribution in [2.24, 2.45) is 0 Å². The van der Waals surface area contributed by atoms with Crippen molar-refractivity contribution in [2.75, 3.05) is 34.4 Å². The molecule has 0 amide bonds.